The lowest BCUT2D eigenvalue weighted by atomic mass is 9.92. The van der Waals surface area contributed by atoms with Crippen molar-refractivity contribution < 1.29 is 27.6 Å². The highest BCUT2D eigenvalue weighted by Crippen LogP contribution is 2.28. The second-order valence-corrected chi connectivity index (χ2v) is 6.08. The standard InChI is InChI=1S/C18H14F3N3O3/c1-18(10-5-3-2-4-6-10)16(26)24(17(27)23-18)9-13(25)22-12-8-7-11(19)14(20)15(12)21/h2-8H,9H2,1H3,(H,22,25)(H,23,27)/t18-/m1/s1. The minimum atomic E-state index is -1.74. The largest absolute Gasteiger partial charge is 0.325 e. The first-order valence-corrected chi connectivity index (χ1v) is 7.87. The maximum Gasteiger partial charge on any atom is 0.325 e. The Kier molecular flexibility index (Phi) is 4.61. The number of benzene rings is 2. The molecule has 0 aromatic heterocycles. The summed E-state index contributed by atoms with van der Waals surface area (Å²) in [6.07, 6.45) is 0. The molecular formula is C18H14F3N3O3. The van der Waals surface area contributed by atoms with Crippen molar-refractivity contribution in [3.63, 3.8) is 0 Å². The maximum atomic E-state index is 13.6. The minimum Gasteiger partial charge on any atom is -0.322 e. The first kappa shape index (κ1) is 18.4. The average Bonchev–Trinajstić information content (AvgIpc) is 2.87. The molecule has 1 aliphatic rings. The van der Waals surface area contributed by atoms with E-state index in [0.717, 1.165) is 6.07 Å². The number of nitrogens with one attached hydrogen (secondary N) is 2. The van der Waals surface area contributed by atoms with E-state index in [1.54, 1.807) is 30.3 Å². The average molecular weight is 377 g/mol. The number of rotatable bonds is 4. The molecule has 27 heavy (non-hydrogen) atoms. The molecule has 4 amide bonds. The molecule has 0 saturated carbocycles. The number of urea groups is 1. The fraction of sp³-hybridized carbons (Fsp3) is 0.167. The number of halogens is 3. The minimum absolute atomic E-state index is 0.526. The molecule has 140 valence electrons. The fourth-order valence-corrected chi connectivity index (χ4v) is 2.76. The van der Waals surface area contributed by atoms with Crippen molar-refractivity contribution in [3.05, 3.63) is 65.5 Å². The van der Waals surface area contributed by atoms with Gasteiger partial charge in [-0.25, -0.2) is 18.0 Å². The van der Waals surface area contributed by atoms with E-state index in [1.165, 1.54) is 6.92 Å². The van der Waals surface area contributed by atoms with Crippen LogP contribution >= 0.6 is 0 Å². The Balaban J connectivity index is 1.76. The Morgan fingerprint density at radius 3 is 2.41 bits per heavy atom. The van der Waals surface area contributed by atoms with Gasteiger partial charge in [-0.15, -0.1) is 0 Å². The van der Waals surface area contributed by atoms with Crippen molar-refractivity contribution in [3.8, 4) is 0 Å². The van der Waals surface area contributed by atoms with E-state index in [2.05, 4.69) is 5.32 Å². The summed E-state index contributed by atoms with van der Waals surface area (Å²) in [5.74, 6) is -6.33. The summed E-state index contributed by atoms with van der Waals surface area (Å²) < 4.78 is 39.8. The van der Waals surface area contributed by atoms with Crippen LogP contribution in [0.2, 0.25) is 0 Å². The molecular weight excluding hydrogens is 363 g/mol. The molecule has 1 atom stereocenters. The summed E-state index contributed by atoms with van der Waals surface area (Å²) in [5.41, 5.74) is -1.43. The molecule has 1 heterocycles. The number of anilines is 1. The van der Waals surface area contributed by atoms with Gasteiger partial charge in [-0.2, -0.15) is 0 Å². The van der Waals surface area contributed by atoms with Crippen molar-refractivity contribution in [1.82, 2.24) is 10.2 Å². The molecule has 1 aliphatic heterocycles. The normalized spacial score (nSPS) is 19.2. The van der Waals surface area contributed by atoms with E-state index in [1.807, 2.05) is 5.32 Å². The van der Waals surface area contributed by atoms with Gasteiger partial charge in [0.15, 0.2) is 17.5 Å². The smallest absolute Gasteiger partial charge is 0.322 e. The predicted octanol–water partition coefficient (Wildman–Crippen LogP) is 2.51. The molecule has 2 aromatic rings. The highest BCUT2D eigenvalue weighted by molar-refractivity contribution is 6.10. The summed E-state index contributed by atoms with van der Waals surface area (Å²) in [4.78, 5) is 37.6. The van der Waals surface area contributed by atoms with Crippen LogP contribution in [0.1, 0.15) is 12.5 Å². The van der Waals surface area contributed by atoms with Crippen LogP contribution < -0.4 is 10.6 Å². The molecule has 0 unspecified atom stereocenters. The molecule has 9 heteroatoms. The van der Waals surface area contributed by atoms with Crippen molar-refractivity contribution in [2.24, 2.45) is 0 Å². The van der Waals surface area contributed by atoms with Gasteiger partial charge in [0.2, 0.25) is 5.91 Å². The highest BCUT2D eigenvalue weighted by Gasteiger charge is 2.49. The van der Waals surface area contributed by atoms with Gasteiger partial charge >= 0.3 is 6.03 Å². The van der Waals surface area contributed by atoms with Crippen molar-refractivity contribution in [2.45, 2.75) is 12.5 Å². The Bertz CT molecular complexity index is 936. The van der Waals surface area contributed by atoms with Crippen LogP contribution in [0.5, 0.6) is 0 Å². The lowest BCUT2D eigenvalue weighted by molar-refractivity contribution is -0.133. The zero-order valence-corrected chi connectivity index (χ0v) is 14.1. The van der Waals surface area contributed by atoms with Gasteiger partial charge in [-0.05, 0) is 24.6 Å². The molecule has 0 aliphatic carbocycles. The molecule has 6 nitrogen and oxygen atoms in total. The summed E-state index contributed by atoms with van der Waals surface area (Å²) in [6.45, 7) is 0.779. The number of amides is 4. The third kappa shape index (κ3) is 3.23. The SMILES string of the molecule is C[C@]1(c2ccccc2)NC(=O)N(CC(=O)Nc2ccc(F)c(F)c2F)C1=O. The first-order valence-electron chi connectivity index (χ1n) is 7.87. The predicted molar refractivity (Wildman–Crippen MR) is 89.0 cm³/mol. The van der Waals surface area contributed by atoms with E-state index in [9.17, 15) is 27.6 Å². The quantitative estimate of drug-likeness (QED) is 0.635. The van der Waals surface area contributed by atoms with E-state index in [4.69, 9.17) is 0 Å². The topological polar surface area (TPSA) is 78.5 Å². The van der Waals surface area contributed by atoms with Crippen molar-refractivity contribution in [1.29, 1.82) is 0 Å². The van der Waals surface area contributed by atoms with Gasteiger partial charge in [-0.1, -0.05) is 30.3 Å². The number of hydrogen-bond acceptors (Lipinski definition) is 3. The van der Waals surface area contributed by atoms with E-state index in [-0.39, 0.29) is 0 Å². The van der Waals surface area contributed by atoms with Crippen LogP contribution in [0.25, 0.3) is 0 Å². The van der Waals surface area contributed by atoms with Crippen LogP contribution in [-0.4, -0.2) is 29.3 Å². The fourth-order valence-electron chi connectivity index (χ4n) is 2.76. The van der Waals surface area contributed by atoms with Crippen molar-refractivity contribution in [2.75, 3.05) is 11.9 Å². The summed E-state index contributed by atoms with van der Waals surface area (Å²) in [6, 6.07) is 9.13. The summed E-state index contributed by atoms with van der Waals surface area (Å²) in [7, 11) is 0. The number of hydrogen-bond donors (Lipinski definition) is 2. The third-order valence-corrected chi connectivity index (χ3v) is 4.24. The van der Waals surface area contributed by atoms with Gasteiger partial charge in [0.1, 0.15) is 12.1 Å². The van der Waals surface area contributed by atoms with Crippen molar-refractivity contribution >= 4 is 23.5 Å². The van der Waals surface area contributed by atoms with Gasteiger partial charge in [0, 0.05) is 0 Å². The van der Waals surface area contributed by atoms with Crippen LogP contribution in [0.15, 0.2) is 42.5 Å². The zero-order valence-electron chi connectivity index (χ0n) is 14.1. The summed E-state index contributed by atoms with van der Waals surface area (Å²) >= 11 is 0. The number of carbonyl (C=O) groups is 3. The second kappa shape index (κ2) is 6.75. The highest BCUT2D eigenvalue weighted by atomic mass is 19.2. The number of carbonyl (C=O) groups excluding carboxylic acids is 3. The molecule has 1 saturated heterocycles. The maximum absolute atomic E-state index is 13.6. The van der Waals surface area contributed by atoms with Crippen LogP contribution in [0.4, 0.5) is 23.7 Å². The van der Waals surface area contributed by atoms with Crippen LogP contribution in [0.3, 0.4) is 0 Å². The lowest BCUT2D eigenvalue weighted by Crippen LogP contribution is -2.42. The Morgan fingerprint density at radius 1 is 1.07 bits per heavy atom. The third-order valence-electron chi connectivity index (χ3n) is 4.24. The Hall–Kier alpha value is -3.36. The first-order chi connectivity index (χ1) is 12.7. The Labute approximate surface area is 152 Å². The van der Waals surface area contributed by atoms with E-state index < -0.39 is 53.1 Å². The van der Waals surface area contributed by atoms with Crippen LogP contribution in [0, 0.1) is 17.5 Å². The van der Waals surface area contributed by atoms with E-state index in [0.29, 0.717) is 16.5 Å². The molecule has 1 fully saturated rings. The Morgan fingerprint density at radius 2 is 1.74 bits per heavy atom. The molecule has 0 radical (unpaired) electrons. The molecule has 3 rings (SSSR count). The van der Waals surface area contributed by atoms with Gasteiger partial charge in [-0.3, -0.25) is 14.5 Å². The van der Waals surface area contributed by atoms with Gasteiger partial charge in [0.05, 0.1) is 5.69 Å². The summed E-state index contributed by atoms with van der Waals surface area (Å²) in [5, 5.41) is 4.54. The van der Waals surface area contributed by atoms with Crippen LogP contribution in [-0.2, 0) is 15.1 Å². The zero-order chi connectivity index (χ0) is 19.8. The molecule has 2 N–H and O–H groups in total. The number of imide groups is 1. The lowest BCUT2D eigenvalue weighted by Gasteiger charge is -2.22. The second-order valence-electron chi connectivity index (χ2n) is 6.08. The monoisotopic (exact) mass is 377 g/mol. The molecule has 0 bridgehead atoms. The van der Waals surface area contributed by atoms with Gasteiger partial charge in [0.25, 0.3) is 5.91 Å². The molecule has 0 spiro atoms. The van der Waals surface area contributed by atoms with E-state index >= 15 is 0 Å². The van der Waals surface area contributed by atoms with Gasteiger partial charge < -0.3 is 10.6 Å². The number of nitrogens with zero attached hydrogens (tertiary/aromatic N) is 1. The molecule has 2 aromatic carbocycles.